The number of nitrogens with two attached hydrogens (primary N) is 1. The highest BCUT2D eigenvalue weighted by atomic mass is 35.5. The Morgan fingerprint density at radius 3 is 3.07 bits per heavy atom. The zero-order chi connectivity index (χ0) is 18.6. The van der Waals surface area contributed by atoms with Gasteiger partial charge in [-0.15, -0.1) is 23.7 Å². The molecular weight excluding hydrogens is 396 g/mol. The average molecular weight is 419 g/mol. The topological polar surface area (TPSA) is 94.0 Å². The second-order valence-electron chi connectivity index (χ2n) is 6.81. The van der Waals surface area contributed by atoms with Crippen LogP contribution in [0.15, 0.2) is 40.2 Å². The number of hydrogen-bond acceptors (Lipinski definition) is 6. The minimum absolute atomic E-state index is 0. The Bertz CT molecular complexity index is 926. The molecule has 1 unspecified atom stereocenters. The summed E-state index contributed by atoms with van der Waals surface area (Å²) < 4.78 is 5.28. The minimum Gasteiger partial charge on any atom is -0.399 e. The van der Waals surface area contributed by atoms with E-state index in [4.69, 9.17) is 10.3 Å². The first-order valence-electron chi connectivity index (χ1n) is 9.23. The van der Waals surface area contributed by atoms with Crippen molar-refractivity contribution >= 4 is 35.3 Å². The van der Waals surface area contributed by atoms with Gasteiger partial charge in [0.15, 0.2) is 0 Å². The Morgan fingerprint density at radius 1 is 1.36 bits per heavy atom. The monoisotopic (exact) mass is 418 g/mol. The van der Waals surface area contributed by atoms with E-state index in [0.717, 1.165) is 29.8 Å². The summed E-state index contributed by atoms with van der Waals surface area (Å²) in [6, 6.07) is 9.97. The number of anilines is 1. The summed E-state index contributed by atoms with van der Waals surface area (Å²) in [6.45, 7) is 0. The van der Waals surface area contributed by atoms with Crippen molar-refractivity contribution in [3.8, 4) is 10.7 Å². The second-order valence-corrected chi connectivity index (χ2v) is 7.76. The standard InChI is InChI=1S/C20H22N4O2S.ClH/c21-14-9-10-15-13(12-14)4-1-5-16(15)22-18(25)7-2-8-19-23-20(24-26-19)17-6-3-11-27-17;/h3,6,9-12,16H,1-2,4-5,7-8,21H2,(H,22,25);1H. The van der Waals surface area contributed by atoms with Gasteiger partial charge in [0, 0.05) is 18.5 Å². The summed E-state index contributed by atoms with van der Waals surface area (Å²) in [7, 11) is 0. The fraction of sp³-hybridized carbons (Fsp3) is 0.350. The first kappa shape index (κ1) is 20.4. The van der Waals surface area contributed by atoms with E-state index in [2.05, 4.69) is 15.5 Å². The molecular formula is C20H23ClN4O2S. The van der Waals surface area contributed by atoms with Crippen molar-refractivity contribution in [1.82, 2.24) is 15.5 Å². The normalized spacial score (nSPS) is 15.5. The summed E-state index contributed by atoms with van der Waals surface area (Å²) in [5, 5.41) is 9.14. The highest BCUT2D eigenvalue weighted by Crippen LogP contribution is 2.31. The van der Waals surface area contributed by atoms with Crippen LogP contribution in [0.2, 0.25) is 0 Å². The van der Waals surface area contributed by atoms with E-state index >= 15 is 0 Å². The molecule has 6 nitrogen and oxygen atoms in total. The van der Waals surface area contributed by atoms with Gasteiger partial charge >= 0.3 is 0 Å². The molecule has 8 heteroatoms. The van der Waals surface area contributed by atoms with Crippen LogP contribution < -0.4 is 11.1 Å². The quantitative estimate of drug-likeness (QED) is 0.581. The molecule has 1 aromatic carbocycles. The molecule has 0 saturated heterocycles. The molecule has 0 spiro atoms. The third-order valence-corrected chi connectivity index (χ3v) is 5.69. The highest BCUT2D eigenvalue weighted by molar-refractivity contribution is 7.13. The van der Waals surface area contributed by atoms with Gasteiger partial charge in [0.25, 0.3) is 0 Å². The average Bonchev–Trinajstić information content (AvgIpc) is 3.33. The number of aromatic nitrogens is 2. The highest BCUT2D eigenvalue weighted by Gasteiger charge is 2.21. The van der Waals surface area contributed by atoms with E-state index in [0.29, 0.717) is 31.0 Å². The van der Waals surface area contributed by atoms with Gasteiger partial charge in [-0.3, -0.25) is 4.79 Å². The molecule has 0 aliphatic heterocycles. The van der Waals surface area contributed by atoms with Crippen LogP contribution in [0.1, 0.15) is 48.7 Å². The SMILES string of the molecule is Cl.Nc1ccc2c(c1)CCCC2NC(=O)CCCc1nc(-c2cccs2)no1. The Labute approximate surface area is 173 Å². The number of hydrogen-bond donors (Lipinski definition) is 2. The molecule has 148 valence electrons. The Balaban J connectivity index is 0.00000225. The summed E-state index contributed by atoms with van der Waals surface area (Å²) in [5.74, 6) is 1.25. The van der Waals surface area contributed by atoms with E-state index in [1.54, 1.807) is 11.3 Å². The van der Waals surface area contributed by atoms with Crippen LogP contribution in [0, 0.1) is 0 Å². The lowest BCUT2D eigenvalue weighted by Gasteiger charge is -2.26. The summed E-state index contributed by atoms with van der Waals surface area (Å²) >= 11 is 1.58. The van der Waals surface area contributed by atoms with Crippen LogP contribution in [0.25, 0.3) is 10.7 Å². The number of thiophene rings is 1. The lowest BCUT2D eigenvalue weighted by molar-refractivity contribution is -0.122. The van der Waals surface area contributed by atoms with Crippen molar-refractivity contribution in [3.05, 3.63) is 52.7 Å². The summed E-state index contributed by atoms with van der Waals surface area (Å²) in [4.78, 5) is 17.7. The summed E-state index contributed by atoms with van der Waals surface area (Å²) in [5.41, 5.74) is 9.10. The van der Waals surface area contributed by atoms with Gasteiger partial charge in [0.2, 0.25) is 17.6 Å². The number of halogens is 1. The fourth-order valence-electron chi connectivity index (χ4n) is 3.51. The molecule has 1 atom stereocenters. The maximum absolute atomic E-state index is 12.4. The van der Waals surface area contributed by atoms with Crippen LogP contribution in [0.4, 0.5) is 5.69 Å². The van der Waals surface area contributed by atoms with Crippen molar-refractivity contribution in [2.45, 2.75) is 44.6 Å². The number of nitrogen functional groups attached to an aromatic ring is 1. The van der Waals surface area contributed by atoms with Crippen LogP contribution in [0.5, 0.6) is 0 Å². The second kappa shape index (κ2) is 9.21. The molecule has 3 N–H and O–H groups in total. The largest absolute Gasteiger partial charge is 0.399 e. The third kappa shape index (κ3) is 4.72. The molecule has 2 aromatic heterocycles. The molecule has 0 saturated carbocycles. The number of fused-ring (bicyclic) bond motifs is 1. The van der Waals surface area contributed by atoms with E-state index in [1.165, 1.54) is 11.1 Å². The molecule has 1 aliphatic carbocycles. The Hall–Kier alpha value is -2.38. The first-order valence-corrected chi connectivity index (χ1v) is 10.1. The summed E-state index contributed by atoms with van der Waals surface area (Å²) in [6.07, 6.45) is 4.78. The smallest absolute Gasteiger partial charge is 0.226 e. The molecule has 2 heterocycles. The molecule has 1 aliphatic rings. The van der Waals surface area contributed by atoms with Crippen molar-refractivity contribution in [2.75, 3.05) is 5.73 Å². The third-order valence-electron chi connectivity index (χ3n) is 4.82. The first-order chi connectivity index (χ1) is 13.2. The molecule has 3 aromatic rings. The van der Waals surface area contributed by atoms with Crippen LogP contribution >= 0.6 is 23.7 Å². The Morgan fingerprint density at radius 2 is 2.25 bits per heavy atom. The van der Waals surface area contributed by atoms with E-state index in [1.807, 2.05) is 35.7 Å². The predicted octanol–water partition coefficient (Wildman–Crippen LogP) is 4.32. The number of carbonyl (C=O) groups excluding carboxylic acids is 1. The van der Waals surface area contributed by atoms with Gasteiger partial charge in [-0.1, -0.05) is 17.3 Å². The van der Waals surface area contributed by atoms with Gasteiger partial charge in [-0.25, -0.2) is 0 Å². The van der Waals surface area contributed by atoms with E-state index in [-0.39, 0.29) is 24.4 Å². The lowest BCUT2D eigenvalue weighted by Crippen LogP contribution is -2.30. The van der Waals surface area contributed by atoms with Crippen molar-refractivity contribution in [2.24, 2.45) is 0 Å². The lowest BCUT2D eigenvalue weighted by atomic mass is 9.87. The maximum Gasteiger partial charge on any atom is 0.226 e. The van der Waals surface area contributed by atoms with Crippen LogP contribution in [0.3, 0.4) is 0 Å². The van der Waals surface area contributed by atoms with Gasteiger partial charge in [-0.2, -0.15) is 4.98 Å². The van der Waals surface area contributed by atoms with Crippen molar-refractivity contribution in [3.63, 3.8) is 0 Å². The Kier molecular flexibility index (Phi) is 6.70. The number of carbonyl (C=O) groups is 1. The van der Waals surface area contributed by atoms with E-state index in [9.17, 15) is 4.79 Å². The van der Waals surface area contributed by atoms with Gasteiger partial charge in [0.1, 0.15) is 0 Å². The number of nitrogens with one attached hydrogen (secondary N) is 1. The van der Waals surface area contributed by atoms with Gasteiger partial charge in [0.05, 0.1) is 10.9 Å². The molecule has 0 bridgehead atoms. The zero-order valence-corrected chi connectivity index (χ0v) is 17.0. The zero-order valence-electron chi connectivity index (χ0n) is 15.4. The van der Waals surface area contributed by atoms with Crippen LogP contribution in [-0.2, 0) is 17.6 Å². The van der Waals surface area contributed by atoms with E-state index < -0.39 is 0 Å². The van der Waals surface area contributed by atoms with Gasteiger partial charge < -0.3 is 15.6 Å². The van der Waals surface area contributed by atoms with Crippen LogP contribution in [-0.4, -0.2) is 16.0 Å². The number of aryl methyl sites for hydroxylation is 2. The molecule has 4 rings (SSSR count). The van der Waals surface area contributed by atoms with Crippen molar-refractivity contribution in [1.29, 1.82) is 0 Å². The molecule has 0 radical (unpaired) electrons. The molecule has 28 heavy (non-hydrogen) atoms. The fourth-order valence-corrected chi connectivity index (χ4v) is 4.16. The number of rotatable bonds is 6. The number of benzene rings is 1. The molecule has 1 amide bonds. The van der Waals surface area contributed by atoms with Crippen molar-refractivity contribution < 1.29 is 9.32 Å². The predicted molar refractivity (Wildman–Crippen MR) is 112 cm³/mol. The molecule has 0 fully saturated rings. The number of nitrogens with zero attached hydrogens (tertiary/aromatic N) is 2. The number of amides is 1. The minimum atomic E-state index is 0. The maximum atomic E-state index is 12.4. The van der Waals surface area contributed by atoms with Gasteiger partial charge in [-0.05, 0) is 60.4 Å².